The highest BCUT2D eigenvalue weighted by atomic mass is 16.5. The first-order chi connectivity index (χ1) is 11.2. The lowest BCUT2D eigenvalue weighted by Crippen LogP contribution is -2.15. The van der Waals surface area contributed by atoms with Gasteiger partial charge in [-0.15, -0.1) is 0 Å². The number of hydrogen-bond donors (Lipinski definition) is 0. The minimum Gasteiger partial charge on any atom is -0.493 e. The Balaban J connectivity index is 2.15. The van der Waals surface area contributed by atoms with Crippen LogP contribution in [0.4, 0.5) is 5.69 Å². The lowest BCUT2D eigenvalue weighted by Gasteiger charge is -2.16. The number of allylic oxidation sites excluding steroid dienone is 3. The number of ether oxygens (including phenoxy) is 1. The summed E-state index contributed by atoms with van der Waals surface area (Å²) in [5.41, 5.74) is 3.14. The summed E-state index contributed by atoms with van der Waals surface area (Å²) in [4.78, 5) is 5.43. The van der Waals surface area contributed by atoms with Crippen molar-refractivity contribution in [2.75, 3.05) is 25.1 Å². The summed E-state index contributed by atoms with van der Waals surface area (Å²) in [6.07, 6.45) is 6.21. The zero-order valence-corrected chi connectivity index (χ0v) is 13.4. The Morgan fingerprint density at radius 1 is 1.39 bits per heavy atom. The molecule has 116 valence electrons. The van der Waals surface area contributed by atoms with Gasteiger partial charge in [0.05, 0.1) is 19.2 Å². The maximum atomic E-state index is 8.95. The molecule has 0 amide bonds. The van der Waals surface area contributed by atoms with Gasteiger partial charge in [0.15, 0.2) is 0 Å². The quantitative estimate of drug-likeness (QED) is 0.619. The summed E-state index contributed by atoms with van der Waals surface area (Å²) in [7, 11) is 2.06. The smallest absolute Gasteiger partial charge is 0.265 e. The Morgan fingerprint density at radius 3 is 2.74 bits per heavy atom. The van der Waals surface area contributed by atoms with Crippen LogP contribution >= 0.6 is 0 Å². The fourth-order valence-electron chi connectivity index (χ4n) is 2.22. The minimum atomic E-state index is 0.145. The van der Waals surface area contributed by atoms with Crippen molar-refractivity contribution < 1.29 is 4.74 Å². The molecule has 1 heterocycles. The molecule has 4 nitrogen and oxygen atoms in total. The molecule has 0 fully saturated rings. The third-order valence-electron chi connectivity index (χ3n) is 3.73. The highest BCUT2D eigenvalue weighted by Gasteiger charge is 2.11. The first kappa shape index (κ1) is 16.4. The van der Waals surface area contributed by atoms with Crippen LogP contribution in [0.15, 0.2) is 53.4 Å². The van der Waals surface area contributed by atoms with Crippen LogP contribution in [0.1, 0.15) is 18.9 Å². The zero-order valence-electron chi connectivity index (χ0n) is 13.4. The fraction of sp³-hybridized carbons (Fsp3) is 0.263. The van der Waals surface area contributed by atoms with Crippen LogP contribution in [0.2, 0.25) is 0 Å². The number of hydrogen-bond acceptors (Lipinski definition) is 3. The largest absolute Gasteiger partial charge is 0.493 e. The van der Waals surface area contributed by atoms with Gasteiger partial charge in [0.2, 0.25) is 0 Å². The van der Waals surface area contributed by atoms with Crippen LogP contribution in [0.5, 0.6) is 0 Å². The van der Waals surface area contributed by atoms with E-state index in [9.17, 15) is 0 Å². The highest BCUT2D eigenvalue weighted by molar-refractivity contribution is 5.58. The molecule has 23 heavy (non-hydrogen) atoms. The van der Waals surface area contributed by atoms with E-state index in [-0.39, 0.29) is 5.70 Å². The van der Waals surface area contributed by atoms with Gasteiger partial charge in [0.25, 0.3) is 5.70 Å². The van der Waals surface area contributed by atoms with Crippen LogP contribution in [-0.4, -0.2) is 20.2 Å². The molecule has 0 unspecified atom stereocenters. The van der Waals surface area contributed by atoms with Crippen LogP contribution in [0.25, 0.3) is 10.9 Å². The van der Waals surface area contributed by atoms with Gasteiger partial charge in [-0.2, -0.15) is 0 Å². The van der Waals surface area contributed by atoms with E-state index in [1.165, 1.54) is 5.69 Å². The summed E-state index contributed by atoms with van der Waals surface area (Å²) in [6, 6.07) is 10.2. The van der Waals surface area contributed by atoms with E-state index in [1.54, 1.807) is 6.08 Å². The summed E-state index contributed by atoms with van der Waals surface area (Å²) >= 11 is 0. The molecule has 0 spiro atoms. The van der Waals surface area contributed by atoms with Crippen molar-refractivity contribution in [2.45, 2.75) is 13.3 Å². The number of nitriles is 1. The van der Waals surface area contributed by atoms with Gasteiger partial charge in [-0.3, -0.25) is 0 Å². The molecule has 0 atom stereocenters. The van der Waals surface area contributed by atoms with Gasteiger partial charge in [0.1, 0.15) is 5.76 Å². The normalized spacial score (nSPS) is 16.1. The molecular weight excluding hydrogens is 286 g/mol. The Labute approximate surface area is 137 Å². The maximum absolute atomic E-state index is 8.95. The van der Waals surface area contributed by atoms with Gasteiger partial charge in [-0.05, 0) is 48.8 Å². The first-order valence-corrected chi connectivity index (χ1v) is 7.52. The molecule has 1 aliphatic rings. The Bertz CT molecular complexity index is 711. The van der Waals surface area contributed by atoms with Crippen molar-refractivity contribution in [3.8, 4) is 6.07 Å². The second kappa shape index (κ2) is 7.87. The molecule has 1 aromatic rings. The van der Waals surface area contributed by atoms with E-state index in [0.717, 1.165) is 17.7 Å². The molecule has 0 radical (unpaired) electrons. The van der Waals surface area contributed by atoms with E-state index in [4.69, 9.17) is 16.6 Å². The average Bonchev–Trinajstić information content (AvgIpc) is 2.61. The number of nitrogens with zero attached hydrogens (tertiary/aromatic N) is 3. The van der Waals surface area contributed by atoms with Crippen LogP contribution in [-0.2, 0) is 4.74 Å². The molecule has 0 saturated carbocycles. The lowest BCUT2D eigenvalue weighted by molar-refractivity contribution is 0.219. The summed E-state index contributed by atoms with van der Waals surface area (Å²) in [5, 5.41) is 8.95. The standard InChI is InChI=1S/C19H19N3O/c1-4-22(3)17-8-5-15(6-9-17)7-10-18-13-16(11-12-23-18)19(14-20)21-2/h5-10,13H,4,11-12H2,1,3H3/b10-7+,19-16-. The predicted octanol–water partition coefficient (Wildman–Crippen LogP) is 4.16. The topological polar surface area (TPSA) is 40.6 Å². The third kappa shape index (κ3) is 4.25. The maximum Gasteiger partial charge on any atom is 0.265 e. The number of anilines is 1. The van der Waals surface area contributed by atoms with Crippen molar-refractivity contribution in [3.05, 3.63) is 70.4 Å². The predicted molar refractivity (Wildman–Crippen MR) is 92.3 cm³/mol. The van der Waals surface area contributed by atoms with E-state index in [2.05, 4.69) is 48.0 Å². The van der Waals surface area contributed by atoms with E-state index < -0.39 is 0 Å². The summed E-state index contributed by atoms with van der Waals surface area (Å²) < 4.78 is 5.57. The van der Waals surface area contributed by atoms with Gasteiger partial charge in [0, 0.05) is 19.3 Å². The van der Waals surface area contributed by atoms with Crippen molar-refractivity contribution in [3.63, 3.8) is 0 Å². The molecule has 0 bridgehead atoms. The van der Waals surface area contributed by atoms with E-state index >= 15 is 0 Å². The third-order valence-corrected chi connectivity index (χ3v) is 3.73. The molecule has 0 N–H and O–H groups in total. The minimum absolute atomic E-state index is 0.145. The van der Waals surface area contributed by atoms with Crippen LogP contribution in [0, 0.1) is 17.9 Å². The second-order valence-corrected chi connectivity index (χ2v) is 5.18. The molecule has 2 rings (SSSR count). The molecular formula is C19H19N3O. The number of benzene rings is 1. The van der Waals surface area contributed by atoms with E-state index in [1.807, 2.05) is 18.2 Å². The molecule has 1 aromatic carbocycles. The Kier molecular flexibility index (Phi) is 5.61. The molecule has 0 aliphatic carbocycles. The lowest BCUT2D eigenvalue weighted by atomic mass is 10.1. The fourth-order valence-corrected chi connectivity index (χ4v) is 2.22. The van der Waals surface area contributed by atoms with Crippen LogP contribution in [0.3, 0.4) is 0 Å². The molecule has 4 heteroatoms. The van der Waals surface area contributed by atoms with Gasteiger partial charge in [-0.25, -0.2) is 10.1 Å². The zero-order chi connectivity index (χ0) is 16.7. The highest BCUT2D eigenvalue weighted by Crippen LogP contribution is 2.22. The summed E-state index contributed by atoms with van der Waals surface area (Å²) in [5.74, 6) is 0.678. The van der Waals surface area contributed by atoms with Gasteiger partial charge < -0.3 is 9.64 Å². The molecule has 1 aliphatic heterocycles. The number of rotatable bonds is 4. The average molecular weight is 305 g/mol. The molecule has 0 saturated heterocycles. The Morgan fingerprint density at radius 2 is 2.13 bits per heavy atom. The SMILES string of the molecule is [C-]#[N+]/C(C#N)=C1C=C(/C=C/c2ccc(N(C)CC)cc2)OCC\1. The second-order valence-electron chi connectivity index (χ2n) is 5.18. The van der Waals surface area contributed by atoms with Crippen molar-refractivity contribution in [2.24, 2.45) is 0 Å². The first-order valence-electron chi connectivity index (χ1n) is 7.52. The van der Waals surface area contributed by atoms with Crippen LogP contribution < -0.4 is 4.90 Å². The van der Waals surface area contributed by atoms with Gasteiger partial charge >= 0.3 is 0 Å². The molecule has 0 aromatic heterocycles. The van der Waals surface area contributed by atoms with Crippen molar-refractivity contribution >= 4 is 11.8 Å². The Hall–Kier alpha value is -2.98. The van der Waals surface area contributed by atoms with Gasteiger partial charge in [-0.1, -0.05) is 18.2 Å². The summed E-state index contributed by atoms with van der Waals surface area (Å²) in [6.45, 7) is 10.6. The van der Waals surface area contributed by atoms with E-state index in [0.29, 0.717) is 18.8 Å². The van der Waals surface area contributed by atoms with Crippen molar-refractivity contribution in [1.82, 2.24) is 0 Å². The van der Waals surface area contributed by atoms with Crippen molar-refractivity contribution in [1.29, 1.82) is 5.26 Å². The monoisotopic (exact) mass is 305 g/mol.